The molecule has 1 aromatic carbocycles. The third-order valence-corrected chi connectivity index (χ3v) is 2.29. The molecule has 0 amide bonds. The highest BCUT2D eigenvalue weighted by molar-refractivity contribution is 5.62. The van der Waals surface area contributed by atoms with Gasteiger partial charge in [-0.2, -0.15) is 0 Å². The lowest BCUT2D eigenvalue weighted by Crippen LogP contribution is -2.02. The molecule has 1 aromatic heterocycles. The summed E-state index contributed by atoms with van der Waals surface area (Å²) in [4.78, 5) is 10.4. The first-order valence-corrected chi connectivity index (χ1v) is 5.05. The summed E-state index contributed by atoms with van der Waals surface area (Å²) in [5.41, 5.74) is 1.48. The SMILES string of the molecule is Cc1ccc([N+](=O)[O-])c(NCc2ccno2)c1. The minimum absolute atomic E-state index is 0.0510. The molecule has 2 aromatic rings. The minimum atomic E-state index is -0.415. The molecule has 6 nitrogen and oxygen atoms in total. The molecule has 1 N–H and O–H groups in total. The predicted octanol–water partition coefficient (Wildman–Crippen LogP) is 2.50. The molecule has 2 rings (SSSR count). The van der Waals surface area contributed by atoms with E-state index in [1.807, 2.05) is 6.92 Å². The van der Waals surface area contributed by atoms with Gasteiger partial charge in [0.25, 0.3) is 5.69 Å². The summed E-state index contributed by atoms with van der Waals surface area (Å²) < 4.78 is 4.90. The summed E-state index contributed by atoms with van der Waals surface area (Å²) >= 11 is 0. The van der Waals surface area contributed by atoms with E-state index in [1.165, 1.54) is 12.3 Å². The summed E-state index contributed by atoms with van der Waals surface area (Å²) in [7, 11) is 0. The molecule has 0 saturated carbocycles. The second-order valence-electron chi connectivity index (χ2n) is 3.61. The predicted molar refractivity (Wildman–Crippen MR) is 61.7 cm³/mol. The molecule has 0 radical (unpaired) electrons. The van der Waals surface area contributed by atoms with Crippen LogP contribution in [0.1, 0.15) is 11.3 Å². The van der Waals surface area contributed by atoms with Gasteiger partial charge in [0, 0.05) is 12.1 Å². The summed E-state index contributed by atoms with van der Waals surface area (Å²) in [6.07, 6.45) is 1.53. The normalized spacial score (nSPS) is 10.2. The van der Waals surface area contributed by atoms with Crippen molar-refractivity contribution < 1.29 is 9.45 Å². The van der Waals surface area contributed by atoms with Crippen LogP contribution < -0.4 is 5.32 Å². The quantitative estimate of drug-likeness (QED) is 0.648. The van der Waals surface area contributed by atoms with Crippen molar-refractivity contribution in [2.24, 2.45) is 0 Å². The highest BCUT2D eigenvalue weighted by atomic mass is 16.6. The summed E-state index contributed by atoms with van der Waals surface area (Å²) in [5.74, 6) is 0.626. The summed E-state index contributed by atoms with van der Waals surface area (Å²) in [6, 6.07) is 6.62. The molecule has 0 unspecified atom stereocenters. The molecule has 0 fully saturated rings. The molecule has 17 heavy (non-hydrogen) atoms. The summed E-state index contributed by atoms with van der Waals surface area (Å²) in [5, 5.41) is 17.3. The van der Waals surface area contributed by atoms with Gasteiger partial charge >= 0.3 is 0 Å². The number of nitrogens with one attached hydrogen (secondary N) is 1. The molecule has 0 aliphatic carbocycles. The molecule has 0 aliphatic rings. The van der Waals surface area contributed by atoms with Gasteiger partial charge in [0.1, 0.15) is 5.69 Å². The van der Waals surface area contributed by atoms with E-state index in [0.717, 1.165) is 5.56 Å². The van der Waals surface area contributed by atoms with E-state index in [0.29, 0.717) is 18.0 Å². The molecular formula is C11H11N3O3. The Balaban J connectivity index is 2.19. The Morgan fingerprint density at radius 2 is 2.29 bits per heavy atom. The van der Waals surface area contributed by atoms with Crippen LogP contribution in [0.3, 0.4) is 0 Å². The molecule has 6 heteroatoms. The van der Waals surface area contributed by atoms with Crippen LogP contribution in [0.25, 0.3) is 0 Å². The number of nitro benzene ring substituents is 1. The zero-order valence-electron chi connectivity index (χ0n) is 9.21. The van der Waals surface area contributed by atoms with E-state index < -0.39 is 4.92 Å². The summed E-state index contributed by atoms with van der Waals surface area (Å²) in [6.45, 7) is 2.24. The van der Waals surface area contributed by atoms with Gasteiger partial charge in [-0.3, -0.25) is 10.1 Å². The number of aryl methyl sites for hydroxylation is 1. The zero-order chi connectivity index (χ0) is 12.3. The number of aromatic nitrogens is 1. The van der Waals surface area contributed by atoms with E-state index in [1.54, 1.807) is 18.2 Å². The second kappa shape index (κ2) is 4.65. The standard InChI is InChI=1S/C11H11N3O3/c1-8-2-3-11(14(15)16)10(6-8)12-7-9-4-5-13-17-9/h2-6,12H,7H2,1H3. The Bertz CT molecular complexity index is 523. The molecule has 1 heterocycles. The van der Waals surface area contributed by atoms with E-state index in [9.17, 15) is 10.1 Å². The van der Waals surface area contributed by atoms with Crippen LogP contribution in [-0.2, 0) is 6.54 Å². The van der Waals surface area contributed by atoms with Crippen LogP contribution in [0.15, 0.2) is 35.0 Å². The molecular weight excluding hydrogens is 222 g/mol. The largest absolute Gasteiger partial charge is 0.372 e. The zero-order valence-corrected chi connectivity index (χ0v) is 9.21. The Hall–Kier alpha value is -2.37. The van der Waals surface area contributed by atoms with Crippen molar-refractivity contribution in [3.63, 3.8) is 0 Å². The lowest BCUT2D eigenvalue weighted by Gasteiger charge is -2.05. The van der Waals surface area contributed by atoms with Gasteiger partial charge in [-0.15, -0.1) is 0 Å². The maximum absolute atomic E-state index is 10.8. The van der Waals surface area contributed by atoms with Crippen molar-refractivity contribution in [3.8, 4) is 0 Å². The average Bonchev–Trinajstić information content (AvgIpc) is 2.78. The number of nitrogens with zero attached hydrogens (tertiary/aromatic N) is 2. The third-order valence-electron chi connectivity index (χ3n) is 2.29. The fourth-order valence-electron chi connectivity index (χ4n) is 1.47. The van der Waals surface area contributed by atoms with Gasteiger partial charge in [0.05, 0.1) is 17.7 Å². The van der Waals surface area contributed by atoms with Crippen molar-refractivity contribution in [1.82, 2.24) is 5.16 Å². The topological polar surface area (TPSA) is 81.2 Å². The molecule has 0 aliphatic heterocycles. The number of benzene rings is 1. The van der Waals surface area contributed by atoms with Crippen LogP contribution in [0, 0.1) is 17.0 Å². The van der Waals surface area contributed by atoms with E-state index in [2.05, 4.69) is 10.5 Å². The lowest BCUT2D eigenvalue weighted by molar-refractivity contribution is -0.384. The monoisotopic (exact) mass is 233 g/mol. The highest BCUT2D eigenvalue weighted by Gasteiger charge is 2.13. The van der Waals surface area contributed by atoms with Gasteiger partial charge < -0.3 is 9.84 Å². The average molecular weight is 233 g/mol. The van der Waals surface area contributed by atoms with Gasteiger partial charge in [-0.25, -0.2) is 0 Å². The minimum Gasteiger partial charge on any atom is -0.372 e. The van der Waals surface area contributed by atoms with Crippen molar-refractivity contribution in [2.75, 3.05) is 5.32 Å². The van der Waals surface area contributed by atoms with Gasteiger partial charge in [-0.05, 0) is 18.6 Å². The van der Waals surface area contributed by atoms with E-state index in [-0.39, 0.29) is 5.69 Å². The first kappa shape index (κ1) is 11.1. The smallest absolute Gasteiger partial charge is 0.292 e. The Morgan fingerprint density at radius 1 is 1.47 bits per heavy atom. The van der Waals surface area contributed by atoms with Crippen LogP contribution in [0.5, 0.6) is 0 Å². The Kier molecular flexibility index (Phi) is 3.04. The molecule has 0 atom stereocenters. The number of hydrogen-bond donors (Lipinski definition) is 1. The van der Waals surface area contributed by atoms with Crippen LogP contribution in [0.4, 0.5) is 11.4 Å². The fourth-order valence-corrected chi connectivity index (χ4v) is 1.47. The highest BCUT2D eigenvalue weighted by Crippen LogP contribution is 2.25. The van der Waals surface area contributed by atoms with E-state index >= 15 is 0 Å². The first-order valence-electron chi connectivity index (χ1n) is 5.05. The van der Waals surface area contributed by atoms with Crippen LogP contribution >= 0.6 is 0 Å². The maximum Gasteiger partial charge on any atom is 0.292 e. The maximum atomic E-state index is 10.8. The van der Waals surface area contributed by atoms with Crippen molar-refractivity contribution in [3.05, 3.63) is 51.9 Å². The number of hydrogen-bond acceptors (Lipinski definition) is 5. The van der Waals surface area contributed by atoms with Gasteiger partial charge in [0.2, 0.25) is 0 Å². The molecule has 0 saturated heterocycles. The van der Waals surface area contributed by atoms with Crippen molar-refractivity contribution >= 4 is 11.4 Å². The fraction of sp³-hybridized carbons (Fsp3) is 0.182. The van der Waals surface area contributed by atoms with E-state index in [4.69, 9.17) is 4.52 Å². The number of rotatable bonds is 4. The van der Waals surface area contributed by atoms with Gasteiger partial charge in [0.15, 0.2) is 5.76 Å². The Morgan fingerprint density at radius 3 is 2.94 bits per heavy atom. The van der Waals surface area contributed by atoms with Crippen LogP contribution in [-0.4, -0.2) is 10.1 Å². The number of nitro groups is 1. The van der Waals surface area contributed by atoms with Crippen molar-refractivity contribution in [1.29, 1.82) is 0 Å². The van der Waals surface area contributed by atoms with Gasteiger partial charge in [-0.1, -0.05) is 11.2 Å². The molecule has 0 bridgehead atoms. The molecule has 88 valence electrons. The molecule has 0 spiro atoms. The third kappa shape index (κ3) is 2.60. The lowest BCUT2D eigenvalue weighted by atomic mass is 10.2. The first-order chi connectivity index (χ1) is 8.16. The number of anilines is 1. The van der Waals surface area contributed by atoms with Crippen molar-refractivity contribution in [2.45, 2.75) is 13.5 Å². The van der Waals surface area contributed by atoms with Crippen LogP contribution in [0.2, 0.25) is 0 Å². The second-order valence-corrected chi connectivity index (χ2v) is 3.61. The Labute approximate surface area is 97.4 Å².